The van der Waals surface area contributed by atoms with Crippen LogP contribution in [0.4, 0.5) is 0 Å². The van der Waals surface area contributed by atoms with E-state index >= 15 is 0 Å². The molecule has 3 rings (SSSR count). The van der Waals surface area contributed by atoms with Gasteiger partial charge in [0.05, 0.1) is 11.4 Å². The third-order valence-electron chi connectivity index (χ3n) is 5.69. The van der Waals surface area contributed by atoms with Gasteiger partial charge in [-0.05, 0) is 54.3 Å². The second-order valence-electron chi connectivity index (χ2n) is 8.64. The van der Waals surface area contributed by atoms with Crippen LogP contribution in [0, 0.1) is 0 Å². The number of aromatic nitrogens is 1. The van der Waals surface area contributed by atoms with Crippen LogP contribution in [0.5, 0.6) is 0 Å². The number of hydrogen-bond donors (Lipinski definition) is 1. The first-order valence-electron chi connectivity index (χ1n) is 11.2. The topological polar surface area (TPSA) is 48.5 Å². The van der Waals surface area contributed by atoms with E-state index in [2.05, 4.69) is 33.9 Å². The molecule has 170 valence electrons. The molecule has 32 heavy (non-hydrogen) atoms. The summed E-state index contributed by atoms with van der Waals surface area (Å²) in [5.41, 5.74) is 4.74. The lowest BCUT2D eigenvalue weighted by Crippen LogP contribution is -2.40. The summed E-state index contributed by atoms with van der Waals surface area (Å²) in [6.45, 7) is 6.05. The molecule has 1 fully saturated rings. The van der Waals surface area contributed by atoms with Gasteiger partial charge in [0.25, 0.3) is 0 Å². The molecular formula is C26H33ClN4O. The van der Waals surface area contributed by atoms with E-state index in [1.165, 1.54) is 0 Å². The molecule has 2 heterocycles. The van der Waals surface area contributed by atoms with E-state index in [9.17, 15) is 4.79 Å². The number of likely N-dealkylation sites (tertiary alicyclic amines) is 1. The van der Waals surface area contributed by atoms with Gasteiger partial charge in [0, 0.05) is 62.3 Å². The van der Waals surface area contributed by atoms with Crippen molar-refractivity contribution in [3.63, 3.8) is 0 Å². The van der Waals surface area contributed by atoms with Crippen LogP contribution in [0.3, 0.4) is 0 Å². The average Bonchev–Trinajstić information content (AvgIpc) is 3.25. The minimum absolute atomic E-state index is 0.311. The predicted octanol–water partition coefficient (Wildman–Crippen LogP) is 4.71. The monoisotopic (exact) mass is 452 g/mol. The Hall–Kier alpha value is -2.63. The third-order valence-corrected chi connectivity index (χ3v) is 5.95. The fourth-order valence-corrected chi connectivity index (χ4v) is 4.30. The van der Waals surface area contributed by atoms with Crippen LogP contribution in [0.25, 0.3) is 11.3 Å². The molecule has 1 aromatic heterocycles. The van der Waals surface area contributed by atoms with Crippen molar-refractivity contribution in [2.24, 2.45) is 0 Å². The normalized spacial score (nSPS) is 17.5. The molecule has 0 radical (unpaired) electrons. The van der Waals surface area contributed by atoms with Crippen molar-refractivity contribution in [2.75, 3.05) is 27.2 Å². The summed E-state index contributed by atoms with van der Waals surface area (Å²) in [5.74, 6) is 0. The maximum absolute atomic E-state index is 12.3. The minimum atomic E-state index is 0.311. The summed E-state index contributed by atoms with van der Waals surface area (Å²) in [5, 5.41) is 4.22. The highest BCUT2D eigenvalue weighted by molar-refractivity contribution is 6.30. The zero-order valence-electron chi connectivity index (χ0n) is 19.4. The van der Waals surface area contributed by atoms with Gasteiger partial charge in [-0.15, -0.1) is 0 Å². The summed E-state index contributed by atoms with van der Waals surface area (Å²) in [6.07, 6.45) is 8.75. The smallest absolute Gasteiger partial charge is 0.166 e. The lowest BCUT2D eigenvalue weighted by molar-refractivity contribution is -0.106. The van der Waals surface area contributed by atoms with E-state index < -0.39 is 0 Å². The quantitative estimate of drug-likeness (QED) is 0.339. The number of benzene rings is 1. The zero-order valence-corrected chi connectivity index (χ0v) is 20.1. The molecule has 6 heteroatoms. The number of carbonyl (C=O) groups excluding carboxylic acids is 1. The van der Waals surface area contributed by atoms with Gasteiger partial charge in [0.2, 0.25) is 0 Å². The molecule has 0 bridgehead atoms. The Morgan fingerprint density at radius 3 is 2.47 bits per heavy atom. The summed E-state index contributed by atoms with van der Waals surface area (Å²) in [6, 6.07) is 12.5. The number of pyridine rings is 1. The van der Waals surface area contributed by atoms with E-state index in [4.69, 9.17) is 11.6 Å². The molecule has 1 aliphatic heterocycles. The second kappa shape index (κ2) is 11.3. The number of nitrogens with one attached hydrogen (secondary N) is 1. The van der Waals surface area contributed by atoms with Crippen LogP contribution in [0.15, 0.2) is 60.6 Å². The van der Waals surface area contributed by atoms with Crippen LogP contribution in [-0.4, -0.2) is 60.3 Å². The van der Waals surface area contributed by atoms with E-state index in [0.717, 1.165) is 54.6 Å². The Morgan fingerprint density at radius 2 is 1.88 bits per heavy atom. The van der Waals surface area contributed by atoms with Crippen molar-refractivity contribution < 1.29 is 4.79 Å². The van der Waals surface area contributed by atoms with Gasteiger partial charge in [-0.3, -0.25) is 9.78 Å². The SMILES string of the molecule is CC(C)NC[C@@H]1CCCN1/C(C=O)=C/C(=C(/c1ccc(Cl)cc1)N(C)C)c1ccncc1. The van der Waals surface area contributed by atoms with Gasteiger partial charge >= 0.3 is 0 Å². The highest BCUT2D eigenvalue weighted by Gasteiger charge is 2.27. The molecule has 1 atom stereocenters. The molecule has 0 amide bonds. The number of rotatable bonds is 9. The van der Waals surface area contributed by atoms with Gasteiger partial charge in [-0.1, -0.05) is 37.6 Å². The van der Waals surface area contributed by atoms with Crippen molar-refractivity contribution in [3.05, 3.63) is 76.7 Å². The van der Waals surface area contributed by atoms with Gasteiger partial charge in [0.1, 0.15) is 0 Å². The predicted molar refractivity (Wildman–Crippen MR) is 133 cm³/mol. The average molecular weight is 453 g/mol. The second-order valence-corrected chi connectivity index (χ2v) is 9.08. The Labute approximate surface area is 196 Å². The standard InChI is InChI=1S/C26H33ClN4O/c1-19(2)29-17-23-6-5-15-31(23)24(18-32)16-25(20-11-13-28-14-12-20)26(30(3)4)21-7-9-22(27)10-8-21/h7-14,16,18-19,23,29H,5-6,15,17H2,1-4H3/b24-16+,26-25+/t23-/m0/s1. The van der Waals surface area contributed by atoms with Crippen LogP contribution >= 0.6 is 11.6 Å². The van der Waals surface area contributed by atoms with Gasteiger partial charge in [0.15, 0.2) is 6.29 Å². The Kier molecular flexibility index (Phi) is 8.48. The molecule has 2 aromatic rings. The molecule has 1 aliphatic rings. The summed E-state index contributed by atoms with van der Waals surface area (Å²) >= 11 is 6.14. The number of aldehydes is 1. The van der Waals surface area contributed by atoms with Crippen LogP contribution in [0.1, 0.15) is 37.8 Å². The van der Waals surface area contributed by atoms with E-state index in [1.807, 2.05) is 56.6 Å². The third kappa shape index (κ3) is 5.99. The molecular weight excluding hydrogens is 420 g/mol. The number of carbonyl (C=O) groups is 1. The van der Waals surface area contributed by atoms with Gasteiger partial charge in [-0.2, -0.15) is 0 Å². The maximum atomic E-state index is 12.3. The van der Waals surface area contributed by atoms with Gasteiger partial charge < -0.3 is 15.1 Å². The van der Waals surface area contributed by atoms with E-state index in [1.54, 1.807) is 12.4 Å². The zero-order chi connectivity index (χ0) is 23.1. The summed E-state index contributed by atoms with van der Waals surface area (Å²) < 4.78 is 0. The van der Waals surface area contributed by atoms with Crippen LogP contribution < -0.4 is 5.32 Å². The first-order chi connectivity index (χ1) is 15.4. The fraction of sp³-hybridized carbons (Fsp3) is 0.385. The first kappa shape index (κ1) is 24.0. The van der Waals surface area contributed by atoms with Crippen molar-refractivity contribution in [1.29, 1.82) is 0 Å². The van der Waals surface area contributed by atoms with E-state index in [-0.39, 0.29) is 0 Å². The van der Waals surface area contributed by atoms with Crippen molar-refractivity contribution >= 4 is 29.2 Å². The first-order valence-corrected chi connectivity index (χ1v) is 11.5. The summed E-state index contributed by atoms with van der Waals surface area (Å²) in [7, 11) is 4.04. The van der Waals surface area contributed by atoms with Crippen molar-refractivity contribution in [3.8, 4) is 0 Å². The molecule has 0 unspecified atom stereocenters. The molecule has 1 saturated heterocycles. The molecule has 1 aromatic carbocycles. The highest BCUT2D eigenvalue weighted by Crippen LogP contribution is 2.32. The van der Waals surface area contributed by atoms with Crippen molar-refractivity contribution in [1.82, 2.24) is 20.1 Å². The Bertz CT molecular complexity index is 952. The molecule has 0 saturated carbocycles. The fourth-order valence-electron chi connectivity index (χ4n) is 4.17. The molecule has 0 aliphatic carbocycles. The Morgan fingerprint density at radius 1 is 1.19 bits per heavy atom. The lowest BCUT2D eigenvalue weighted by Gasteiger charge is -2.29. The molecule has 0 spiro atoms. The largest absolute Gasteiger partial charge is 0.377 e. The Balaban J connectivity index is 2.12. The maximum Gasteiger partial charge on any atom is 0.166 e. The molecule has 5 nitrogen and oxygen atoms in total. The van der Waals surface area contributed by atoms with Crippen LogP contribution in [0.2, 0.25) is 5.02 Å². The summed E-state index contributed by atoms with van der Waals surface area (Å²) in [4.78, 5) is 20.8. The lowest BCUT2D eigenvalue weighted by atomic mass is 9.98. The van der Waals surface area contributed by atoms with Crippen LogP contribution in [-0.2, 0) is 4.79 Å². The van der Waals surface area contributed by atoms with Crippen molar-refractivity contribution in [2.45, 2.75) is 38.8 Å². The number of allylic oxidation sites excluding steroid dienone is 3. The molecule has 1 N–H and O–H groups in total. The van der Waals surface area contributed by atoms with E-state index in [0.29, 0.717) is 22.8 Å². The highest BCUT2D eigenvalue weighted by atomic mass is 35.5. The minimum Gasteiger partial charge on any atom is -0.377 e. The number of nitrogens with zero attached hydrogens (tertiary/aromatic N) is 3. The van der Waals surface area contributed by atoms with Gasteiger partial charge in [-0.25, -0.2) is 0 Å². The number of halogens is 1. The number of hydrogen-bond acceptors (Lipinski definition) is 5.